The molecule has 1 N–H and O–H groups in total. The molecular weight excluding hydrogens is 421 g/mol. The standard InChI is InChI=1S/C17H16IN3O3/c1-10-13(14-16(24-10)20-9-21(2)17(14)23)15(22)19-8-7-11-3-5-12(18)6-4-11/h3-6,9H,7-8H2,1-2H3,(H,19,22). The Morgan fingerprint density at radius 3 is 2.75 bits per heavy atom. The summed E-state index contributed by atoms with van der Waals surface area (Å²) in [5.74, 6) is 0.0782. The van der Waals surface area contributed by atoms with Crippen molar-refractivity contribution in [3.05, 3.63) is 61.4 Å². The number of carbonyl (C=O) groups is 1. The molecule has 0 aliphatic heterocycles. The zero-order valence-electron chi connectivity index (χ0n) is 13.3. The number of hydrogen-bond donors (Lipinski definition) is 1. The van der Waals surface area contributed by atoms with Crippen molar-refractivity contribution in [1.29, 1.82) is 0 Å². The van der Waals surface area contributed by atoms with Crippen LogP contribution in [-0.4, -0.2) is 22.0 Å². The number of nitrogens with zero attached hydrogens (tertiary/aromatic N) is 2. The quantitative estimate of drug-likeness (QED) is 0.637. The van der Waals surface area contributed by atoms with E-state index in [0.717, 1.165) is 5.56 Å². The molecule has 1 aromatic carbocycles. The maximum absolute atomic E-state index is 12.5. The van der Waals surface area contributed by atoms with Crippen LogP contribution in [-0.2, 0) is 13.5 Å². The Labute approximate surface area is 152 Å². The Hall–Kier alpha value is -2.16. The number of rotatable bonds is 4. The summed E-state index contributed by atoms with van der Waals surface area (Å²) in [7, 11) is 1.59. The highest BCUT2D eigenvalue weighted by molar-refractivity contribution is 14.1. The van der Waals surface area contributed by atoms with Crippen LogP contribution in [0.4, 0.5) is 0 Å². The third-order valence-corrected chi connectivity index (χ3v) is 4.51. The molecule has 0 saturated heterocycles. The molecule has 6 nitrogen and oxygen atoms in total. The first-order valence-corrected chi connectivity index (χ1v) is 8.52. The first-order chi connectivity index (χ1) is 11.5. The summed E-state index contributed by atoms with van der Waals surface area (Å²) in [4.78, 5) is 28.8. The van der Waals surface area contributed by atoms with E-state index in [0.29, 0.717) is 18.7 Å². The van der Waals surface area contributed by atoms with Crippen molar-refractivity contribution in [2.24, 2.45) is 7.05 Å². The molecule has 2 heterocycles. The molecule has 0 spiro atoms. The zero-order valence-corrected chi connectivity index (χ0v) is 15.5. The van der Waals surface area contributed by atoms with Crippen LogP contribution in [0.1, 0.15) is 21.7 Å². The molecule has 0 saturated carbocycles. The normalized spacial score (nSPS) is 11.0. The van der Waals surface area contributed by atoms with Gasteiger partial charge >= 0.3 is 0 Å². The summed E-state index contributed by atoms with van der Waals surface area (Å²) in [6.07, 6.45) is 2.10. The SMILES string of the molecule is Cc1oc2ncn(C)c(=O)c2c1C(=O)NCCc1ccc(I)cc1. The average Bonchev–Trinajstić information content (AvgIpc) is 2.90. The van der Waals surface area contributed by atoms with Gasteiger partial charge in [-0.3, -0.25) is 9.59 Å². The fraction of sp³-hybridized carbons (Fsp3) is 0.235. The molecule has 3 aromatic rings. The summed E-state index contributed by atoms with van der Waals surface area (Å²) in [5.41, 5.74) is 1.31. The van der Waals surface area contributed by atoms with Crippen molar-refractivity contribution in [2.75, 3.05) is 6.54 Å². The monoisotopic (exact) mass is 437 g/mol. The Bertz CT molecular complexity index is 958. The lowest BCUT2D eigenvalue weighted by atomic mass is 10.1. The number of fused-ring (bicyclic) bond motifs is 1. The van der Waals surface area contributed by atoms with E-state index in [4.69, 9.17) is 4.42 Å². The Morgan fingerprint density at radius 2 is 2.04 bits per heavy atom. The lowest BCUT2D eigenvalue weighted by molar-refractivity contribution is 0.0954. The van der Waals surface area contributed by atoms with Gasteiger partial charge in [0.2, 0.25) is 5.71 Å². The average molecular weight is 437 g/mol. The Morgan fingerprint density at radius 1 is 1.33 bits per heavy atom. The summed E-state index contributed by atoms with van der Waals surface area (Å²) in [5, 5.41) is 3.08. The zero-order chi connectivity index (χ0) is 17.3. The van der Waals surface area contributed by atoms with Crippen molar-refractivity contribution in [1.82, 2.24) is 14.9 Å². The van der Waals surface area contributed by atoms with Crippen molar-refractivity contribution in [2.45, 2.75) is 13.3 Å². The minimum atomic E-state index is -0.318. The van der Waals surface area contributed by atoms with Gasteiger partial charge in [0.15, 0.2) is 0 Å². The molecular formula is C17H16IN3O3. The van der Waals surface area contributed by atoms with E-state index in [9.17, 15) is 9.59 Å². The Kier molecular flexibility index (Phi) is 4.70. The fourth-order valence-electron chi connectivity index (χ4n) is 2.52. The maximum Gasteiger partial charge on any atom is 0.265 e. The van der Waals surface area contributed by atoms with Gasteiger partial charge in [0.05, 0.1) is 5.56 Å². The van der Waals surface area contributed by atoms with E-state index in [-0.39, 0.29) is 28.1 Å². The first-order valence-electron chi connectivity index (χ1n) is 7.44. The largest absolute Gasteiger partial charge is 0.442 e. The van der Waals surface area contributed by atoms with Crippen LogP contribution < -0.4 is 10.9 Å². The molecule has 0 atom stereocenters. The number of benzene rings is 1. The highest BCUT2D eigenvalue weighted by Gasteiger charge is 2.22. The summed E-state index contributed by atoms with van der Waals surface area (Å²) in [6, 6.07) is 8.12. The van der Waals surface area contributed by atoms with Crippen LogP contribution in [0.25, 0.3) is 11.1 Å². The smallest absolute Gasteiger partial charge is 0.265 e. The van der Waals surface area contributed by atoms with E-state index in [1.54, 1.807) is 14.0 Å². The third-order valence-electron chi connectivity index (χ3n) is 3.79. The molecule has 0 unspecified atom stereocenters. The van der Waals surface area contributed by atoms with Gasteiger partial charge in [-0.15, -0.1) is 0 Å². The molecule has 0 fully saturated rings. The predicted octanol–water partition coefficient (Wildman–Crippen LogP) is 2.41. The van der Waals surface area contributed by atoms with Crippen LogP contribution in [0.15, 0.2) is 39.8 Å². The number of hydrogen-bond acceptors (Lipinski definition) is 4. The van der Waals surface area contributed by atoms with Crippen molar-refractivity contribution >= 4 is 39.6 Å². The van der Waals surface area contributed by atoms with Gasteiger partial charge in [-0.25, -0.2) is 4.98 Å². The summed E-state index contributed by atoms with van der Waals surface area (Å²) < 4.78 is 7.95. The van der Waals surface area contributed by atoms with Gasteiger partial charge in [0.25, 0.3) is 11.5 Å². The molecule has 0 aliphatic carbocycles. The van der Waals surface area contributed by atoms with Crippen molar-refractivity contribution < 1.29 is 9.21 Å². The van der Waals surface area contributed by atoms with E-state index in [2.05, 4.69) is 32.9 Å². The number of aromatic nitrogens is 2. The van der Waals surface area contributed by atoms with Crippen LogP contribution in [0.3, 0.4) is 0 Å². The number of aryl methyl sites for hydroxylation is 2. The van der Waals surface area contributed by atoms with Crippen LogP contribution in [0.2, 0.25) is 0 Å². The van der Waals surface area contributed by atoms with E-state index in [1.807, 2.05) is 24.3 Å². The second-order valence-corrected chi connectivity index (χ2v) is 6.75. The topological polar surface area (TPSA) is 77.1 Å². The van der Waals surface area contributed by atoms with Gasteiger partial charge in [-0.05, 0) is 53.6 Å². The van der Waals surface area contributed by atoms with Crippen molar-refractivity contribution in [3.8, 4) is 0 Å². The second kappa shape index (κ2) is 6.76. The molecule has 0 radical (unpaired) electrons. The molecule has 0 bridgehead atoms. The van der Waals surface area contributed by atoms with E-state index in [1.165, 1.54) is 14.5 Å². The predicted molar refractivity (Wildman–Crippen MR) is 99.2 cm³/mol. The second-order valence-electron chi connectivity index (χ2n) is 5.51. The third kappa shape index (κ3) is 3.21. The first kappa shape index (κ1) is 16.7. The number of carbonyl (C=O) groups excluding carboxylic acids is 1. The van der Waals surface area contributed by atoms with Gasteiger partial charge in [0, 0.05) is 17.2 Å². The van der Waals surface area contributed by atoms with Gasteiger partial charge in [-0.1, -0.05) is 12.1 Å². The van der Waals surface area contributed by atoms with E-state index < -0.39 is 0 Å². The van der Waals surface area contributed by atoms with Gasteiger partial charge in [-0.2, -0.15) is 0 Å². The van der Waals surface area contributed by atoms with Crippen LogP contribution in [0.5, 0.6) is 0 Å². The molecule has 7 heteroatoms. The molecule has 3 rings (SSSR count). The minimum Gasteiger partial charge on any atom is -0.442 e. The summed E-state index contributed by atoms with van der Waals surface area (Å²) in [6.45, 7) is 2.14. The minimum absolute atomic E-state index is 0.193. The molecule has 24 heavy (non-hydrogen) atoms. The fourth-order valence-corrected chi connectivity index (χ4v) is 2.88. The summed E-state index contributed by atoms with van der Waals surface area (Å²) >= 11 is 2.25. The molecule has 2 aromatic heterocycles. The van der Waals surface area contributed by atoms with Crippen molar-refractivity contribution in [3.63, 3.8) is 0 Å². The van der Waals surface area contributed by atoms with Gasteiger partial charge < -0.3 is 14.3 Å². The lowest BCUT2D eigenvalue weighted by Gasteiger charge is -2.05. The number of amides is 1. The van der Waals surface area contributed by atoms with Crippen LogP contribution in [0, 0.1) is 10.5 Å². The van der Waals surface area contributed by atoms with Crippen LogP contribution >= 0.6 is 22.6 Å². The Balaban J connectivity index is 1.79. The highest BCUT2D eigenvalue weighted by Crippen LogP contribution is 2.20. The molecule has 124 valence electrons. The number of halogens is 1. The molecule has 1 amide bonds. The maximum atomic E-state index is 12.5. The lowest BCUT2D eigenvalue weighted by Crippen LogP contribution is -2.28. The van der Waals surface area contributed by atoms with Gasteiger partial charge in [0.1, 0.15) is 17.5 Å². The number of nitrogens with one attached hydrogen (secondary N) is 1. The number of furan rings is 1. The highest BCUT2D eigenvalue weighted by atomic mass is 127. The van der Waals surface area contributed by atoms with E-state index >= 15 is 0 Å². The molecule has 0 aliphatic rings.